The van der Waals surface area contributed by atoms with Crippen LogP contribution in [0.3, 0.4) is 0 Å². The summed E-state index contributed by atoms with van der Waals surface area (Å²) < 4.78 is 20.2. The Morgan fingerprint density at radius 2 is 2.11 bits per heavy atom. The van der Waals surface area contributed by atoms with Crippen LogP contribution < -0.4 is 9.64 Å². The summed E-state index contributed by atoms with van der Waals surface area (Å²) in [6, 6.07) is 13.6. The van der Waals surface area contributed by atoms with E-state index in [-0.39, 0.29) is 17.3 Å². The van der Waals surface area contributed by atoms with Crippen molar-refractivity contribution in [2.45, 2.75) is 12.8 Å². The molecule has 1 aromatic heterocycles. The van der Waals surface area contributed by atoms with Crippen molar-refractivity contribution >= 4 is 22.5 Å². The Hall–Kier alpha value is -3.39. The average molecular weight is 362 g/mol. The van der Waals surface area contributed by atoms with Crippen molar-refractivity contribution in [1.82, 2.24) is 4.98 Å². The molecule has 0 radical (unpaired) electrons. The highest BCUT2D eigenvalue weighted by Crippen LogP contribution is 2.28. The maximum atomic E-state index is 14.8. The maximum Gasteiger partial charge on any atom is 0.258 e. The van der Waals surface area contributed by atoms with Crippen LogP contribution in [-0.2, 0) is 0 Å². The minimum absolute atomic E-state index is 0.104. The minimum atomic E-state index is -0.573. The Kier molecular flexibility index (Phi) is 5.68. The van der Waals surface area contributed by atoms with Crippen molar-refractivity contribution in [1.29, 1.82) is 0 Å². The first kappa shape index (κ1) is 18.4. The van der Waals surface area contributed by atoms with E-state index in [1.807, 2.05) is 6.07 Å². The number of rotatable bonds is 6. The van der Waals surface area contributed by atoms with Crippen molar-refractivity contribution in [3.63, 3.8) is 0 Å². The van der Waals surface area contributed by atoms with Crippen molar-refractivity contribution < 1.29 is 13.9 Å². The van der Waals surface area contributed by atoms with E-state index in [4.69, 9.17) is 11.2 Å². The second-order valence-electron chi connectivity index (χ2n) is 6.02. The molecule has 0 saturated carbocycles. The number of carbonyl (C=O) groups excluding carboxylic acids is 1. The van der Waals surface area contributed by atoms with E-state index in [1.54, 1.807) is 42.6 Å². The van der Waals surface area contributed by atoms with Crippen molar-refractivity contribution in [3.05, 3.63) is 66.1 Å². The fourth-order valence-corrected chi connectivity index (χ4v) is 2.74. The van der Waals surface area contributed by atoms with Crippen LogP contribution in [0.4, 0.5) is 10.1 Å². The summed E-state index contributed by atoms with van der Waals surface area (Å²) in [6.45, 7) is 0.319. The molecule has 0 bridgehead atoms. The SMILES string of the molecule is C#CCCCOc1cccc(N(C)C(=O)c2ccc3ncccc3c2)c1F. The van der Waals surface area contributed by atoms with E-state index < -0.39 is 5.82 Å². The number of unbranched alkanes of at least 4 members (excludes halogenated alkanes) is 1. The second kappa shape index (κ2) is 8.33. The molecule has 0 aliphatic carbocycles. The summed E-state index contributed by atoms with van der Waals surface area (Å²) in [5.41, 5.74) is 1.41. The first-order valence-electron chi connectivity index (χ1n) is 8.59. The quantitative estimate of drug-likeness (QED) is 0.481. The third kappa shape index (κ3) is 4.06. The Morgan fingerprint density at radius 3 is 2.93 bits per heavy atom. The lowest BCUT2D eigenvalue weighted by atomic mass is 10.1. The van der Waals surface area contributed by atoms with E-state index >= 15 is 0 Å². The third-order valence-electron chi connectivity index (χ3n) is 4.18. The molecule has 27 heavy (non-hydrogen) atoms. The largest absolute Gasteiger partial charge is 0.490 e. The summed E-state index contributed by atoms with van der Waals surface area (Å²) in [6.07, 6.45) is 8.10. The van der Waals surface area contributed by atoms with Gasteiger partial charge in [-0.05, 0) is 42.8 Å². The van der Waals surface area contributed by atoms with Gasteiger partial charge in [-0.25, -0.2) is 4.39 Å². The highest BCUT2D eigenvalue weighted by Gasteiger charge is 2.19. The molecule has 5 heteroatoms. The van der Waals surface area contributed by atoms with E-state index in [0.29, 0.717) is 25.0 Å². The fourth-order valence-electron chi connectivity index (χ4n) is 2.74. The molecule has 0 unspecified atom stereocenters. The normalized spacial score (nSPS) is 10.4. The van der Waals surface area contributed by atoms with Crippen LogP contribution in [0.5, 0.6) is 5.75 Å². The molecule has 0 aliphatic rings. The average Bonchev–Trinajstić information content (AvgIpc) is 2.71. The number of halogens is 1. The van der Waals surface area contributed by atoms with Gasteiger partial charge in [0.15, 0.2) is 11.6 Å². The number of hydrogen-bond acceptors (Lipinski definition) is 3. The van der Waals surface area contributed by atoms with Crippen LogP contribution in [0.1, 0.15) is 23.2 Å². The maximum absolute atomic E-state index is 14.8. The van der Waals surface area contributed by atoms with E-state index in [1.165, 1.54) is 18.0 Å². The highest BCUT2D eigenvalue weighted by molar-refractivity contribution is 6.07. The van der Waals surface area contributed by atoms with Crippen molar-refractivity contribution in [2.75, 3.05) is 18.6 Å². The molecule has 1 heterocycles. The van der Waals surface area contributed by atoms with Crippen LogP contribution in [0, 0.1) is 18.2 Å². The second-order valence-corrected chi connectivity index (χ2v) is 6.02. The topological polar surface area (TPSA) is 42.4 Å². The monoisotopic (exact) mass is 362 g/mol. The Morgan fingerprint density at radius 1 is 1.26 bits per heavy atom. The van der Waals surface area contributed by atoms with Crippen LogP contribution in [0.25, 0.3) is 10.9 Å². The number of ether oxygens (including phenoxy) is 1. The first-order chi connectivity index (χ1) is 13.1. The van der Waals surface area contributed by atoms with Gasteiger partial charge in [0.25, 0.3) is 5.91 Å². The van der Waals surface area contributed by atoms with Crippen LogP contribution >= 0.6 is 0 Å². The van der Waals surface area contributed by atoms with Gasteiger partial charge in [0, 0.05) is 30.6 Å². The molecule has 4 nitrogen and oxygen atoms in total. The molecular weight excluding hydrogens is 343 g/mol. The Labute approximate surface area is 157 Å². The number of nitrogens with zero attached hydrogens (tertiary/aromatic N) is 2. The zero-order chi connectivity index (χ0) is 19.2. The summed E-state index contributed by atoms with van der Waals surface area (Å²) in [5.74, 6) is 1.73. The molecule has 2 aromatic carbocycles. The van der Waals surface area contributed by atoms with Gasteiger partial charge in [-0.1, -0.05) is 12.1 Å². The molecule has 136 valence electrons. The van der Waals surface area contributed by atoms with Gasteiger partial charge in [0.2, 0.25) is 0 Å². The number of aromatic nitrogens is 1. The molecule has 0 aliphatic heterocycles. The van der Waals surface area contributed by atoms with E-state index in [2.05, 4.69) is 10.9 Å². The van der Waals surface area contributed by atoms with E-state index in [9.17, 15) is 9.18 Å². The predicted octanol–water partition coefficient (Wildman–Crippen LogP) is 4.44. The van der Waals surface area contributed by atoms with Crippen LogP contribution in [0.15, 0.2) is 54.7 Å². The van der Waals surface area contributed by atoms with Gasteiger partial charge in [-0.2, -0.15) is 0 Å². The minimum Gasteiger partial charge on any atom is -0.490 e. The molecule has 0 saturated heterocycles. The summed E-state index contributed by atoms with van der Waals surface area (Å²) in [5, 5.41) is 0.850. The Balaban J connectivity index is 1.82. The van der Waals surface area contributed by atoms with Crippen molar-refractivity contribution in [3.8, 4) is 18.1 Å². The molecular formula is C22H19FN2O2. The fraction of sp³-hybridized carbons (Fsp3) is 0.182. The molecule has 3 rings (SSSR count). The van der Waals surface area contributed by atoms with Crippen molar-refractivity contribution in [2.24, 2.45) is 0 Å². The predicted molar refractivity (Wildman–Crippen MR) is 104 cm³/mol. The summed E-state index contributed by atoms with van der Waals surface area (Å²) >= 11 is 0. The number of hydrogen-bond donors (Lipinski definition) is 0. The highest BCUT2D eigenvalue weighted by atomic mass is 19.1. The number of fused-ring (bicyclic) bond motifs is 1. The van der Waals surface area contributed by atoms with Gasteiger partial charge in [-0.15, -0.1) is 12.3 Å². The van der Waals surface area contributed by atoms with Crippen LogP contribution in [-0.4, -0.2) is 24.5 Å². The number of carbonyl (C=O) groups is 1. The van der Waals surface area contributed by atoms with Gasteiger partial charge in [0.05, 0.1) is 17.8 Å². The third-order valence-corrected chi connectivity index (χ3v) is 4.18. The molecule has 0 fully saturated rings. The lowest BCUT2D eigenvalue weighted by Gasteiger charge is -2.19. The van der Waals surface area contributed by atoms with Crippen LogP contribution in [0.2, 0.25) is 0 Å². The number of benzene rings is 2. The summed E-state index contributed by atoms with van der Waals surface area (Å²) in [4.78, 5) is 18.3. The summed E-state index contributed by atoms with van der Waals surface area (Å²) in [7, 11) is 1.54. The van der Waals surface area contributed by atoms with Gasteiger partial charge in [0.1, 0.15) is 0 Å². The van der Waals surface area contributed by atoms with E-state index in [0.717, 1.165) is 10.9 Å². The zero-order valence-corrected chi connectivity index (χ0v) is 15.0. The number of amides is 1. The smallest absolute Gasteiger partial charge is 0.258 e. The molecule has 1 amide bonds. The standard InChI is InChI=1S/C22H19FN2O2/c1-3-4-5-14-27-20-10-6-9-19(21(20)23)25(2)22(26)17-11-12-18-16(15-17)8-7-13-24-18/h1,6-13,15H,4-5,14H2,2H3. The number of anilines is 1. The lowest BCUT2D eigenvalue weighted by molar-refractivity contribution is 0.0992. The van der Waals surface area contributed by atoms with Gasteiger partial charge < -0.3 is 9.64 Å². The van der Waals surface area contributed by atoms with Gasteiger partial charge in [-0.3, -0.25) is 9.78 Å². The first-order valence-corrected chi connectivity index (χ1v) is 8.59. The number of terminal acetylenes is 1. The lowest BCUT2D eigenvalue weighted by Crippen LogP contribution is -2.27. The van der Waals surface area contributed by atoms with Gasteiger partial charge >= 0.3 is 0 Å². The number of pyridine rings is 1. The molecule has 0 atom stereocenters. The Bertz CT molecular complexity index is 1010. The molecule has 3 aromatic rings. The molecule has 0 N–H and O–H groups in total. The zero-order valence-electron chi connectivity index (χ0n) is 15.0. The molecule has 0 spiro atoms.